The molecule has 0 radical (unpaired) electrons. The lowest BCUT2D eigenvalue weighted by atomic mass is 9.81. The van der Waals surface area contributed by atoms with Gasteiger partial charge in [0.25, 0.3) is 5.91 Å². The molecule has 5 rings (SSSR count). The number of amides is 4. The number of fused-ring (bicyclic) bond motifs is 1. The number of halogens is 1. The maximum atomic E-state index is 14.4. The summed E-state index contributed by atoms with van der Waals surface area (Å²) in [7, 11) is 1.72. The van der Waals surface area contributed by atoms with Gasteiger partial charge in [-0.3, -0.25) is 9.59 Å². The van der Waals surface area contributed by atoms with E-state index in [2.05, 4.69) is 9.97 Å². The van der Waals surface area contributed by atoms with Crippen LogP contribution in [0.25, 0.3) is 0 Å². The second kappa shape index (κ2) is 8.99. The number of benzene rings is 1. The van der Waals surface area contributed by atoms with E-state index < -0.39 is 35.8 Å². The van der Waals surface area contributed by atoms with Gasteiger partial charge in [0.05, 0.1) is 12.0 Å². The van der Waals surface area contributed by atoms with Crippen LogP contribution in [0.3, 0.4) is 0 Å². The summed E-state index contributed by atoms with van der Waals surface area (Å²) in [6.45, 7) is 5.18. The van der Waals surface area contributed by atoms with Crippen LogP contribution in [0, 0.1) is 25.6 Å². The third kappa shape index (κ3) is 3.81. The van der Waals surface area contributed by atoms with E-state index in [1.165, 1.54) is 16.2 Å². The molecule has 1 aromatic carbocycles. The number of hydrogen-bond donors (Lipinski definition) is 1. The van der Waals surface area contributed by atoms with E-state index in [0.717, 1.165) is 10.5 Å². The zero-order chi connectivity index (χ0) is 26.6. The van der Waals surface area contributed by atoms with Gasteiger partial charge in [0.2, 0.25) is 11.9 Å². The van der Waals surface area contributed by atoms with Crippen molar-refractivity contribution in [2.24, 2.45) is 13.0 Å². The summed E-state index contributed by atoms with van der Waals surface area (Å²) >= 11 is 0. The molecule has 10 nitrogen and oxygen atoms in total. The number of urea groups is 1. The molecule has 3 atom stereocenters. The molecule has 0 unspecified atom stereocenters. The van der Waals surface area contributed by atoms with Gasteiger partial charge in [-0.25, -0.2) is 29.1 Å². The lowest BCUT2D eigenvalue weighted by Gasteiger charge is -2.54. The SMILES string of the molecule is CC[C@H](c1cc(C)c(F)c(C)c1)N1C(=O)N2C(=O)[C@H](Cc3ccnc(N)c3)[C@H]2C(=O)N1c1nccn1C. The van der Waals surface area contributed by atoms with Crippen molar-refractivity contribution in [3.8, 4) is 0 Å². The van der Waals surface area contributed by atoms with Crippen molar-refractivity contribution in [3.05, 3.63) is 70.9 Å². The number of hydrogen-bond acceptors (Lipinski definition) is 6. The summed E-state index contributed by atoms with van der Waals surface area (Å²) in [4.78, 5) is 50.5. The Hall–Kier alpha value is -4.28. The number of nitrogen functional groups attached to an aromatic ring is 1. The molecule has 0 spiro atoms. The second-order valence-corrected chi connectivity index (χ2v) is 9.56. The molecular weight excluding hydrogens is 477 g/mol. The number of aryl methyl sites for hydroxylation is 3. The third-order valence-corrected chi connectivity index (χ3v) is 7.11. The number of rotatable bonds is 6. The summed E-state index contributed by atoms with van der Waals surface area (Å²) in [6, 6.07) is 4.50. The molecule has 0 aliphatic carbocycles. The predicted molar refractivity (Wildman–Crippen MR) is 133 cm³/mol. The van der Waals surface area contributed by atoms with Crippen molar-refractivity contribution in [2.75, 3.05) is 10.7 Å². The molecule has 4 amide bonds. The molecule has 2 N–H and O–H groups in total. The Balaban J connectivity index is 1.57. The molecule has 37 heavy (non-hydrogen) atoms. The number of carbonyl (C=O) groups is 3. The summed E-state index contributed by atoms with van der Waals surface area (Å²) in [5, 5.41) is 2.55. The monoisotopic (exact) mass is 505 g/mol. The number of carbonyl (C=O) groups excluding carboxylic acids is 3. The Kier molecular flexibility index (Phi) is 5.93. The number of imidazole rings is 1. The highest BCUT2D eigenvalue weighted by molar-refractivity contribution is 6.16. The van der Waals surface area contributed by atoms with E-state index in [1.807, 2.05) is 6.92 Å². The first-order chi connectivity index (χ1) is 17.6. The van der Waals surface area contributed by atoms with Crippen LogP contribution in [-0.2, 0) is 23.1 Å². The number of hydrazine groups is 1. The molecule has 2 aliphatic heterocycles. The molecule has 2 aliphatic rings. The first-order valence-electron chi connectivity index (χ1n) is 12.1. The minimum Gasteiger partial charge on any atom is -0.384 e. The second-order valence-electron chi connectivity index (χ2n) is 9.56. The minimum absolute atomic E-state index is 0.244. The fourth-order valence-electron chi connectivity index (χ4n) is 5.30. The van der Waals surface area contributed by atoms with Crippen LogP contribution in [0.2, 0.25) is 0 Å². The van der Waals surface area contributed by atoms with E-state index in [1.54, 1.807) is 62.1 Å². The average molecular weight is 506 g/mol. The Labute approximate surface area is 213 Å². The number of nitrogens with zero attached hydrogens (tertiary/aromatic N) is 6. The van der Waals surface area contributed by atoms with Crippen molar-refractivity contribution in [1.82, 2.24) is 24.4 Å². The van der Waals surface area contributed by atoms with Gasteiger partial charge in [0, 0.05) is 25.6 Å². The maximum Gasteiger partial charge on any atom is 0.347 e. The van der Waals surface area contributed by atoms with E-state index in [-0.39, 0.29) is 18.2 Å². The normalized spacial score (nSPS) is 20.2. The number of pyridine rings is 1. The van der Waals surface area contributed by atoms with Crippen LogP contribution in [-0.4, -0.2) is 48.3 Å². The summed E-state index contributed by atoms with van der Waals surface area (Å²) < 4.78 is 16.0. The Bertz CT molecular complexity index is 1400. The van der Waals surface area contributed by atoms with E-state index in [9.17, 15) is 18.8 Å². The summed E-state index contributed by atoms with van der Waals surface area (Å²) in [5.74, 6) is -1.35. The average Bonchev–Trinajstić information content (AvgIpc) is 3.28. The van der Waals surface area contributed by atoms with Crippen molar-refractivity contribution in [3.63, 3.8) is 0 Å². The smallest absolute Gasteiger partial charge is 0.347 e. The zero-order valence-corrected chi connectivity index (χ0v) is 21.1. The number of β-lactam (4-membered cyclic amide) rings is 1. The van der Waals surface area contributed by atoms with Gasteiger partial charge in [-0.15, -0.1) is 0 Å². The van der Waals surface area contributed by atoms with Crippen molar-refractivity contribution in [2.45, 2.75) is 45.7 Å². The summed E-state index contributed by atoms with van der Waals surface area (Å²) in [5.41, 5.74) is 8.07. The molecule has 0 saturated carbocycles. The number of imide groups is 1. The summed E-state index contributed by atoms with van der Waals surface area (Å²) in [6.07, 6.45) is 5.41. The minimum atomic E-state index is -0.975. The van der Waals surface area contributed by atoms with E-state index in [0.29, 0.717) is 28.9 Å². The van der Waals surface area contributed by atoms with E-state index >= 15 is 0 Å². The number of nitrogens with two attached hydrogens (primary N) is 1. The van der Waals surface area contributed by atoms with Crippen LogP contribution >= 0.6 is 0 Å². The first kappa shape index (κ1) is 24.4. The highest BCUT2D eigenvalue weighted by Crippen LogP contribution is 2.41. The lowest BCUT2D eigenvalue weighted by Crippen LogP contribution is -2.78. The molecular formula is C26H28FN7O3. The fourth-order valence-corrected chi connectivity index (χ4v) is 5.30. The molecule has 2 saturated heterocycles. The van der Waals surface area contributed by atoms with Gasteiger partial charge < -0.3 is 10.3 Å². The predicted octanol–water partition coefficient (Wildman–Crippen LogP) is 3.06. The molecule has 11 heteroatoms. The van der Waals surface area contributed by atoms with Crippen LogP contribution in [0.4, 0.5) is 21.0 Å². The Morgan fingerprint density at radius 1 is 1.05 bits per heavy atom. The van der Waals surface area contributed by atoms with Crippen molar-refractivity contribution in [1.29, 1.82) is 0 Å². The Morgan fingerprint density at radius 3 is 2.35 bits per heavy atom. The highest BCUT2D eigenvalue weighted by atomic mass is 19.1. The van der Waals surface area contributed by atoms with E-state index in [4.69, 9.17) is 5.73 Å². The largest absolute Gasteiger partial charge is 0.384 e. The van der Waals surface area contributed by atoms with Gasteiger partial charge in [0.1, 0.15) is 17.7 Å². The highest BCUT2D eigenvalue weighted by Gasteiger charge is 2.62. The van der Waals surface area contributed by atoms with Gasteiger partial charge in [-0.05, 0) is 61.1 Å². The van der Waals surface area contributed by atoms with Gasteiger partial charge in [0.15, 0.2) is 0 Å². The van der Waals surface area contributed by atoms with Gasteiger partial charge >= 0.3 is 6.03 Å². The molecule has 2 aromatic heterocycles. The van der Waals surface area contributed by atoms with Crippen LogP contribution in [0.15, 0.2) is 42.9 Å². The standard InChI is InChI=1S/C26H28FN7O3/c1-5-19(17-10-14(2)21(27)15(3)11-17)33-26(37)32-22(24(36)34(33)25-30-8-9-31(25)4)18(23(32)35)12-16-6-7-29-20(28)13-16/h6-11,13,18-19,22H,5,12H2,1-4H3,(H2,28,29)/t18-,19-,22+/m1/s1. The first-order valence-corrected chi connectivity index (χ1v) is 12.1. The zero-order valence-electron chi connectivity index (χ0n) is 21.1. The maximum absolute atomic E-state index is 14.4. The molecule has 4 heterocycles. The third-order valence-electron chi connectivity index (χ3n) is 7.11. The Morgan fingerprint density at radius 2 is 1.76 bits per heavy atom. The van der Waals surface area contributed by atoms with Crippen molar-refractivity contribution >= 4 is 29.6 Å². The fraction of sp³-hybridized carbons (Fsp3) is 0.346. The molecule has 192 valence electrons. The van der Waals surface area contributed by atoms with Crippen LogP contribution in [0.5, 0.6) is 0 Å². The quantitative estimate of drug-likeness (QED) is 0.515. The molecule has 2 fully saturated rings. The number of aromatic nitrogens is 3. The number of anilines is 2. The molecule has 3 aromatic rings. The lowest BCUT2D eigenvalue weighted by molar-refractivity contribution is -0.163. The van der Waals surface area contributed by atoms with Crippen LogP contribution < -0.4 is 10.7 Å². The topological polar surface area (TPSA) is 118 Å². The van der Waals surface area contributed by atoms with Gasteiger partial charge in [-0.2, -0.15) is 5.01 Å². The van der Waals surface area contributed by atoms with Gasteiger partial charge in [-0.1, -0.05) is 19.1 Å². The molecule has 0 bridgehead atoms. The van der Waals surface area contributed by atoms with Crippen molar-refractivity contribution < 1.29 is 18.8 Å². The van der Waals surface area contributed by atoms with Crippen LogP contribution in [0.1, 0.15) is 41.6 Å².